The number of thiazole rings is 1. The second kappa shape index (κ2) is 7.27. The lowest BCUT2D eigenvalue weighted by molar-refractivity contribution is 0.0942. The summed E-state index contributed by atoms with van der Waals surface area (Å²) < 4.78 is 13.8. The zero-order valence-electron chi connectivity index (χ0n) is 12.5. The van der Waals surface area contributed by atoms with Crippen molar-refractivity contribution in [3.05, 3.63) is 46.2 Å². The molecule has 2 aromatic rings. The highest BCUT2D eigenvalue weighted by Crippen LogP contribution is 2.25. The Kier molecular flexibility index (Phi) is 5.13. The number of rotatable bonds is 4. The number of halogens is 2. The van der Waals surface area contributed by atoms with Gasteiger partial charge in [0, 0.05) is 31.2 Å². The van der Waals surface area contributed by atoms with Crippen LogP contribution in [0.25, 0.3) is 0 Å². The molecule has 7 heteroatoms. The number of amides is 1. The summed E-state index contributed by atoms with van der Waals surface area (Å²) in [5.41, 5.74) is -0.0817. The van der Waals surface area contributed by atoms with Crippen LogP contribution in [-0.4, -0.2) is 30.5 Å². The lowest BCUT2D eigenvalue weighted by Gasteiger charge is -2.32. The maximum atomic E-state index is 13.8. The number of aromatic nitrogens is 1. The molecular weight excluding hydrogens is 337 g/mol. The molecule has 0 aliphatic carbocycles. The monoisotopic (exact) mass is 353 g/mol. The SMILES string of the molecule is O=C(NCC1CCCN(c2nccs2)C1)c1c(F)cccc1Cl. The van der Waals surface area contributed by atoms with Crippen LogP contribution in [0.4, 0.5) is 9.52 Å². The van der Waals surface area contributed by atoms with Crippen molar-refractivity contribution in [2.45, 2.75) is 12.8 Å². The minimum Gasteiger partial charge on any atom is -0.352 e. The van der Waals surface area contributed by atoms with Crippen LogP contribution >= 0.6 is 22.9 Å². The summed E-state index contributed by atoms with van der Waals surface area (Å²) in [6, 6.07) is 4.25. The van der Waals surface area contributed by atoms with Gasteiger partial charge in [0.2, 0.25) is 0 Å². The van der Waals surface area contributed by atoms with Crippen molar-refractivity contribution in [3.63, 3.8) is 0 Å². The van der Waals surface area contributed by atoms with E-state index in [9.17, 15) is 9.18 Å². The number of carbonyl (C=O) groups is 1. The van der Waals surface area contributed by atoms with Crippen molar-refractivity contribution in [2.24, 2.45) is 5.92 Å². The molecule has 3 rings (SSSR count). The molecule has 4 nitrogen and oxygen atoms in total. The first-order valence-corrected chi connectivity index (χ1v) is 8.77. The van der Waals surface area contributed by atoms with Crippen molar-refractivity contribution in [1.82, 2.24) is 10.3 Å². The van der Waals surface area contributed by atoms with Crippen LogP contribution in [-0.2, 0) is 0 Å². The first-order chi connectivity index (χ1) is 11.1. The van der Waals surface area contributed by atoms with E-state index in [0.717, 1.165) is 31.1 Å². The van der Waals surface area contributed by atoms with Crippen molar-refractivity contribution in [2.75, 3.05) is 24.5 Å². The number of carbonyl (C=O) groups excluding carboxylic acids is 1. The number of nitrogens with one attached hydrogen (secondary N) is 1. The Hall–Kier alpha value is -1.66. The normalized spacial score (nSPS) is 18.0. The Morgan fingerprint density at radius 2 is 2.39 bits per heavy atom. The van der Waals surface area contributed by atoms with E-state index in [0.29, 0.717) is 12.5 Å². The number of hydrogen-bond acceptors (Lipinski definition) is 4. The summed E-state index contributed by atoms with van der Waals surface area (Å²) >= 11 is 7.54. The van der Waals surface area contributed by atoms with Crippen LogP contribution in [0.3, 0.4) is 0 Å². The molecule has 1 N–H and O–H groups in total. The third-order valence-corrected chi connectivity index (χ3v) is 5.10. The Morgan fingerprint density at radius 3 is 3.13 bits per heavy atom. The highest BCUT2D eigenvalue weighted by molar-refractivity contribution is 7.13. The van der Waals surface area contributed by atoms with E-state index in [4.69, 9.17) is 11.6 Å². The van der Waals surface area contributed by atoms with Crippen LogP contribution in [0.5, 0.6) is 0 Å². The van der Waals surface area contributed by atoms with Gasteiger partial charge in [0.05, 0.1) is 10.6 Å². The first-order valence-electron chi connectivity index (χ1n) is 7.52. The molecule has 1 aromatic heterocycles. The zero-order chi connectivity index (χ0) is 16.2. The summed E-state index contributed by atoms with van der Waals surface area (Å²) in [6.45, 7) is 2.33. The van der Waals surface area contributed by atoms with Gasteiger partial charge in [-0.25, -0.2) is 9.37 Å². The summed E-state index contributed by atoms with van der Waals surface area (Å²) in [4.78, 5) is 18.7. The van der Waals surface area contributed by atoms with Gasteiger partial charge in [0.15, 0.2) is 5.13 Å². The molecule has 1 unspecified atom stereocenters. The minimum absolute atomic E-state index is 0.0817. The van der Waals surface area contributed by atoms with Gasteiger partial charge >= 0.3 is 0 Å². The van der Waals surface area contributed by atoms with Gasteiger partial charge in [0.1, 0.15) is 5.82 Å². The maximum Gasteiger partial charge on any atom is 0.255 e. The van der Waals surface area contributed by atoms with Crippen LogP contribution in [0.15, 0.2) is 29.8 Å². The fourth-order valence-corrected chi connectivity index (χ4v) is 3.75. The smallest absolute Gasteiger partial charge is 0.255 e. The largest absolute Gasteiger partial charge is 0.352 e. The van der Waals surface area contributed by atoms with Gasteiger partial charge < -0.3 is 10.2 Å². The molecule has 1 aliphatic rings. The molecule has 1 aromatic carbocycles. The number of nitrogens with zero attached hydrogens (tertiary/aromatic N) is 2. The molecule has 23 heavy (non-hydrogen) atoms. The van der Waals surface area contributed by atoms with E-state index in [1.165, 1.54) is 18.2 Å². The standard InChI is InChI=1S/C16H17ClFN3OS/c17-12-4-1-5-13(18)14(12)15(22)20-9-11-3-2-7-21(10-11)16-19-6-8-23-16/h1,4-6,8,11H,2-3,7,9-10H2,(H,20,22). The van der Waals surface area contributed by atoms with E-state index in [1.807, 2.05) is 5.38 Å². The predicted octanol–water partition coefficient (Wildman–Crippen LogP) is 3.58. The molecule has 1 fully saturated rings. The van der Waals surface area contributed by atoms with Crippen LogP contribution in [0.2, 0.25) is 5.02 Å². The lowest BCUT2D eigenvalue weighted by Crippen LogP contribution is -2.41. The molecule has 0 saturated carbocycles. The van der Waals surface area contributed by atoms with E-state index in [-0.39, 0.29) is 10.6 Å². The average Bonchev–Trinajstić information content (AvgIpc) is 3.07. The summed E-state index contributed by atoms with van der Waals surface area (Å²) in [7, 11) is 0. The average molecular weight is 354 g/mol. The Labute approximate surface area is 143 Å². The topological polar surface area (TPSA) is 45.2 Å². The lowest BCUT2D eigenvalue weighted by atomic mass is 9.98. The summed E-state index contributed by atoms with van der Waals surface area (Å²) in [5, 5.41) is 5.92. The molecule has 1 aliphatic heterocycles. The fourth-order valence-electron chi connectivity index (χ4n) is 2.82. The number of hydrogen-bond donors (Lipinski definition) is 1. The summed E-state index contributed by atoms with van der Waals surface area (Å²) in [6.07, 6.45) is 3.89. The summed E-state index contributed by atoms with van der Waals surface area (Å²) in [5.74, 6) is -0.732. The molecule has 1 amide bonds. The van der Waals surface area contributed by atoms with E-state index in [2.05, 4.69) is 15.2 Å². The van der Waals surface area contributed by atoms with Gasteiger partial charge in [-0.1, -0.05) is 17.7 Å². The third kappa shape index (κ3) is 3.82. The number of benzene rings is 1. The van der Waals surface area contributed by atoms with E-state index >= 15 is 0 Å². The highest BCUT2D eigenvalue weighted by atomic mass is 35.5. The zero-order valence-corrected chi connectivity index (χ0v) is 14.0. The number of anilines is 1. The van der Waals surface area contributed by atoms with E-state index < -0.39 is 11.7 Å². The quantitative estimate of drug-likeness (QED) is 0.913. The van der Waals surface area contributed by atoms with Crippen molar-refractivity contribution in [3.8, 4) is 0 Å². The molecule has 1 saturated heterocycles. The second-order valence-corrected chi connectivity index (χ2v) is 6.86. The third-order valence-electron chi connectivity index (χ3n) is 3.95. The van der Waals surface area contributed by atoms with Gasteiger partial charge in [-0.15, -0.1) is 11.3 Å². The van der Waals surface area contributed by atoms with Gasteiger partial charge in [-0.3, -0.25) is 4.79 Å². The van der Waals surface area contributed by atoms with E-state index in [1.54, 1.807) is 17.5 Å². The minimum atomic E-state index is -0.594. The fraction of sp³-hybridized carbons (Fsp3) is 0.375. The van der Waals surface area contributed by atoms with Crippen LogP contribution < -0.4 is 10.2 Å². The maximum absolute atomic E-state index is 13.8. The molecule has 0 bridgehead atoms. The number of piperidine rings is 1. The molecule has 0 radical (unpaired) electrons. The predicted molar refractivity (Wildman–Crippen MR) is 90.8 cm³/mol. The van der Waals surface area contributed by atoms with Crippen LogP contribution in [0, 0.1) is 11.7 Å². The molecular formula is C16H17ClFN3OS. The van der Waals surface area contributed by atoms with Crippen LogP contribution in [0.1, 0.15) is 23.2 Å². The van der Waals surface area contributed by atoms with Gasteiger partial charge in [-0.2, -0.15) is 0 Å². The van der Waals surface area contributed by atoms with Crippen molar-refractivity contribution < 1.29 is 9.18 Å². The molecule has 1 atom stereocenters. The second-order valence-electron chi connectivity index (χ2n) is 5.58. The highest BCUT2D eigenvalue weighted by Gasteiger charge is 2.23. The molecule has 0 spiro atoms. The molecule has 122 valence electrons. The first kappa shape index (κ1) is 16.2. The Balaban J connectivity index is 1.59. The van der Waals surface area contributed by atoms with Crippen molar-refractivity contribution in [1.29, 1.82) is 0 Å². The Bertz CT molecular complexity index is 660. The Morgan fingerprint density at radius 1 is 1.52 bits per heavy atom. The van der Waals surface area contributed by atoms with Gasteiger partial charge in [-0.05, 0) is 30.9 Å². The van der Waals surface area contributed by atoms with Gasteiger partial charge in [0.25, 0.3) is 5.91 Å². The van der Waals surface area contributed by atoms with Crippen molar-refractivity contribution >= 4 is 34.0 Å². The molecule has 2 heterocycles.